The molecule has 0 saturated heterocycles. The van der Waals surface area contributed by atoms with Gasteiger partial charge in [0.05, 0.1) is 12.7 Å². The van der Waals surface area contributed by atoms with Gasteiger partial charge in [0.1, 0.15) is 0 Å². The van der Waals surface area contributed by atoms with E-state index in [-0.39, 0.29) is 6.61 Å². The number of aliphatic hydroxyl groups excluding tert-OH is 1. The molecule has 0 spiro atoms. The smallest absolute Gasteiger partial charge is 0.354 e. The average molecular weight is 255 g/mol. The first kappa shape index (κ1) is 14.2. The lowest BCUT2D eigenvalue weighted by Gasteiger charge is -2.09. The Labute approximate surface area is 104 Å². The van der Waals surface area contributed by atoms with Crippen LogP contribution in [0.25, 0.3) is 6.20 Å². The van der Waals surface area contributed by atoms with Gasteiger partial charge in [-0.2, -0.15) is 4.68 Å². The van der Waals surface area contributed by atoms with Gasteiger partial charge in [0.25, 0.3) is 5.56 Å². The molecule has 18 heavy (non-hydrogen) atoms. The van der Waals surface area contributed by atoms with Crippen molar-refractivity contribution in [2.24, 2.45) is 0 Å². The molecular formula is C11H17N3O4. The minimum atomic E-state index is -0.517. The summed E-state index contributed by atoms with van der Waals surface area (Å²) in [7, 11) is 2.94. The van der Waals surface area contributed by atoms with E-state index in [1.165, 1.54) is 37.2 Å². The van der Waals surface area contributed by atoms with Gasteiger partial charge in [0.2, 0.25) is 0 Å². The molecule has 0 bridgehead atoms. The first-order valence-electron chi connectivity index (χ1n) is 5.39. The predicted octanol–water partition coefficient (Wildman–Crippen LogP) is -1.03. The van der Waals surface area contributed by atoms with Crippen LogP contribution in [-0.2, 0) is 4.74 Å². The Morgan fingerprint density at radius 3 is 2.72 bits per heavy atom. The Kier molecular flexibility index (Phi) is 4.87. The number of rotatable bonds is 5. The molecule has 0 fully saturated rings. The summed E-state index contributed by atoms with van der Waals surface area (Å²) in [6, 6.07) is 0. The Morgan fingerprint density at radius 2 is 2.22 bits per heavy atom. The Bertz CT molecular complexity index is 540. The fourth-order valence-electron chi connectivity index (χ4n) is 1.40. The largest absolute Gasteiger partial charge is 0.393 e. The maximum Gasteiger partial charge on any atom is 0.354 e. The van der Waals surface area contributed by atoms with Crippen LogP contribution in [0.5, 0.6) is 0 Å². The van der Waals surface area contributed by atoms with Crippen molar-refractivity contribution in [2.75, 3.05) is 26.2 Å². The van der Waals surface area contributed by atoms with Gasteiger partial charge in [-0.3, -0.25) is 9.36 Å². The highest BCUT2D eigenvalue weighted by atomic mass is 16.5. The molecule has 0 amide bonds. The molecule has 1 aromatic heterocycles. The van der Waals surface area contributed by atoms with Crippen molar-refractivity contribution in [3.63, 3.8) is 0 Å². The van der Waals surface area contributed by atoms with E-state index in [4.69, 9.17) is 9.84 Å². The number of nitrogens with zero attached hydrogens (tertiary/aromatic N) is 2. The zero-order valence-corrected chi connectivity index (χ0v) is 10.6. The lowest BCUT2D eigenvalue weighted by Crippen LogP contribution is -2.43. The van der Waals surface area contributed by atoms with E-state index in [1.807, 2.05) is 0 Å². The van der Waals surface area contributed by atoms with E-state index < -0.39 is 17.4 Å². The molecule has 0 radical (unpaired) electrons. The van der Waals surface area contributed by atoms with Gasteiger partial charge in [0.15, 0.2) is 0 Å². The SMILES string of the molecule is CNn1c(=O)c(C)cn(/C=C\C(CO)OC)c1=O. The number of methoxy groups -OCH3 is 1. The molecule has 7 heteroatoms. The number of ether oxygens (including phenoxy) is 1. The van der Waals surface area contributed by atoms with Crippen LogP contribution in [0.1, 0.15) is 5.56 Å². The summed E-state index contributed by atoms with van der Waals surface area (Å²) < 4.78 is 7.08. The molecule has 1 heterocycles. The van der Waals surface area contributed by atoms with Crippen molar-refractivity contribution in [3.8, 4) is 0 Å². The number of aromatic nitrogens is 2. The Balaban J connectivity index is 3.23. The van der Waals surface area contributed by atoms with Gasteiger partial charge in [-0.05, 0) is 13.0 Å². The van der Waals surface area contributed by atoms with Gasteiger partial charge in [-0.15, -0.1) is 0 Å². The summed E-state index contributed by atoms with van der Waals surface area (Å²) in [4.78, 5) is 23.5. The van der Waals surface area contributed by atoms with Gasteiger partial charge in [-0.1, -0.05) is 0 Å². The minimum Gasteiger partial charge on any atom is -0.393 e. The molecule has 1 aromatic rings. The van der Waals surface area contributed by atoms with Crippen molar-refractivity contribution in [2.45, 2.75) is 13.0 Å². The van der Waals surface area contributed by atoms with E-state index in [0.717, 1.165) is 4.68 Å². The maximum atomic E-state index is 11.9. The summed E-state index contributed by atoms with van der Waals surface area (Å²) in [6.07, 6.45) is 3.92. The van der Waals surface area contributed by atoms with Crippen LogP contribution in [0.3, 0.4) is 0 Å². The van der Waals surface area contributed by atoms with E-state index in [1.54, 1.807) is 6.92 Å². The van der Waals surface area contributed by atoms with E-state index in [9.17, 15) is 9.59 Å². The molecule has 100 valence electrons. The zero-order valence-electron chi connectivity index (χ0n) is 10.6. The van der Waals surface area contributed by atoms with Crippen LogP contribution < -0.4 is 16.7 Å². The summed E-state index contributed by atoms with van der Waals surface area (Å²) in [5.74, 6) is 0. The van der Waals surface area contributed by atoms with Crippen molar-refractivity contribution < 1.29 is 9.84 Å². The molecule has 0 aliphatic heterocycles. The monoisotopic (exact) mass is 255 g/mol. The van der Waals surface area contributed by atoms with Crippen molar-refractivity contribution in [3.05, 3.63) is 38.7 Å². The molecule has 1 atom stereocenters. The third kappa shape index (κ3) is 2.88. The van der Waals surface area contributed by atoms with Gasteiger partial charge < -0.3 is 15.3 Å². The molecule has 0 aliphatic rings. The van der Waals surface area contributed by atoms with E-state index >= 15 is 0 Å². The average Bonchev–Trinajstić information content (AvgIpc) is 2.37. The first-order valence-corrected chi connectivity index (χ1v) is 5.39. The molecule has 2 N–H and O–H groups in total. The quantitative estimate of drug-likeness (QED) is 0.702. The van der Waals surface area contributed by atoms with Gasteiger partial charge in [0, 0.05) is 32.1 Å². The van der Waals surface area contributed by atoms with Crippen molar-refractivity contribution in [1.29, 1.82) is 0 Å². The number of hydrogen-bond acceptors (Lipinski definition) is 5. The second kappa shape index (κ2) is 6.18. The van der Waals surface area contributed by atoms with E-state index in [2.05, 4.69) is 5.43 Å². The predicted molar refractivity (Wildman–Crippen MR) is 68.2 cm³/mol. The topological polar surface area (TPSA) is 85.5 Å². The number of aryl methyl sites for hydroxylation is 1. The molecule has 1 unspecified atom stereocenters. The standard InChI is InChI=1S/C11H17N3O4/c1-8-6-13(5-4-9(7-15)18-3)11(17)14(12-2)10(8)16/h4-6,9,12,15H,7H2,1-3H3/b5-4-. The second-order valence-electron chi connectivity index (χ2n) is 3.66. The van der Waals surface area contributed by atoms with Crippen LogP contribution in [-0.4, -0.2) is 41.2 Å². The van der Waals surface area contributed by atoms with Crippen LogP contribution >= 0.6 is 0 Å². The van der Waals surface area contributed by atoms with E-state index in [0.29, 0.717) is 5.56 Å². The molecule has 1 rings (SSSR count). The maximum absolute atomic E-state index is 11.9. The third-order valence-corrected chi connectivity index (χ3v) is 2.45. The van der Waals surface area contributed by atoms with Crippen LogP contribution in [0.2, 0.25) is 0 Å². The Hall–Kier alpha value is -1.86. The number of hydrogen-bond donors (Lipinski definition) is 2. The third-order valence-electron chi connectivity index (χ3n) is 2.45. The minimum absolute atomic E-state index is 0.188. The summed E-state index contributed by atoms with van der Waals surface area (Å²) in [5, 5.41) is 8.94. The second-order valence-corrected chi connectivity index (χ2v) is 3.66. The number of nitrogens with one attached hydrogen (secondary N) is 1. The summed E-state index contributed by atoms with van der Waals surface area (Å²) in [6.45, 7) is 1.42. The lowest BCUT2D eigenvalue weighted by atomic mass is 10.3. The number of aliphatic hydroxyl groups is 1. The van der Waals surface area contributed by atoms with Crippen LogP contribution in [0.15, 0.2) is 21.9 Å². The Morgan fingerprint density at radius 1 is 1.56 bits per heavy atom. The highest BCUT2D eigenvalue weighted by Gasteiger charge is 2.06. The summed E-state index contributed by atoms with van der Waals surface area (Å²) in [5.41, 5.74) is 2.03. The normalized spacial score (nSPS) is 12.9. The summed E-state index contributed by atoms with van der Waals surface area (Å²) >= 11 is 0. The van der Waals surface area contributed by atoms with Crippen LogP contribution in [0, 0.1) is 6.92 Å². The fourth-order valence-corrected chi connectivity index (χ4v) is 1.40. The molecule has 7 nitrogen and oxygen atoms in total. The van der Waals surface area contributed by atoms with Gasteiger partial charge in [-0.25, -0.2) is 4.79 Å². The molecule has 0 saturated carbocycles. The van der Waals surface area contributed by atoms with Crippen LogP contribution in [0.4, 0.5) is 0 Å². The van der Waals surface area contributed by atoms with Crippen molar-refractivity contribution >= 4 is 6.20 Å². The molecular weight excluding hydrogens is 238 g/mol. The first-order chi connectivity index (χ1) is 8.54. The molecule has 0 aromatic carbocycles. The molecule has 0 aliphatic carbocycles. The van der Waals surface area contributed by atoms with Crippen molar-refractivity contribution in [1.82, 2.24) is 9.24 Å². The van der Waals surface area contributed by atoms with Gasteiger partial charge >= 0.3 is 5.69 Å². The fraction of sp³-hybridized carbons (Fsp3) is 0.455. The highest BCUT2D eigenvalue weighted by molar-refractivity contribution is 5.25. The zero-order chi connectivity index (χ0) is 13.7. The lowest BCUT2D eigenvalue weighted by molar-refractivity contribution is 0.0823. The highest BCUT2D eigenvalue weighted by Crippen LogP contribution is 1.93.